The predicted molar refractivity (Wildman–Crippen MR) is 108 cm³/mol. The fraction of sp³-hybridized carbons (Fsp3) is 0.200. The van der Waals surface area contributed by atoms with Crippen LogP contribution in [-0.4, -0.2) is 29.3 Å². The first-order valence-corrected chi connectivity index (χ1v) is 8.99. The summed E-state index contributed by atoms with van der Waals surface area (Å²) < 4.78 is 11.0. The highest BCUT2D eigenvalue weighted by Crippen LogP contribution is 2.44. The first kappa shape index (κ1) is 17.4. The summed E-state index contributed by atoms with van der Waals surface area (Å²) in [6, 6.07) is 15.4. The van der Waals surface area contributed by atoms with Crippen LogP contribution in [0.3, 0.4) is 0 Å². The largest absolute Gasteiger partial charge is 0.497 e. The average Bonchev–Trinajstić information content (AvgIpc) is 3.35. The molecule has 0 radical (unpaired) electrons. The van der Waals surface area contributed by atoms with E-state index in [-0.39, 0.29) is 12.1 Å². The number of hydrogen-bond donors (Lipinski definition) is 2. The molecule has 3 heterocycles. The lowest BCUT2D eigenvalue weighted by molar-refractivity contribution is 0.402. The zero-order chi connectivity index (χ0) is 18.8. The number of benzene rings is 1. The monoisotopic (exact) mass is 380 g/mol. The zero-order valence-corrected chi connectivity index (χ0v) is 15.9. The minimum absolute atomic E-state index is 0.103. The molecule has 0 aliphatic carbocycles. The molecular weight excluding hydrogens is 360 g/mol. The van der Waals surface area contributed by atoms with E-state index in [9.17, 15) is 0 Å². The van der Waals surface area contributed by atoms with Crippen LogP contribution in [0.15, 0.2) is 60.9 Å². The molecular formula is C20H20N4O2S. The Bertz CT molecular complexity index is 930. The number of anilines is 1. The van der Waals surface area contributed by atoms with Gasteiger partial charge in [0.15, 0.2) is 5.11 Å². The van der Waals surface area contributed by atoms with Gasteiger partial charge in [-0.25, -0.2) is 0 Å². The molecule has 0 spiro atoms. The maximum absolute atomic E-state index is 5.71. The van der Waals surface area contributed by atoms with Crippen LogP contribution < -0.4 is 19.7 Å². The fourth-order valence-corrected chi connectivity index (χ4v) is 3.78. The molecule has 27 heavy (non-hydrogen) atoms. The highest BCUT2D eigenvalue weighted by molar-refractivity contribution is 7.80. The van der Waals surface area contributed by atoms with Gasteiger partial charge in [-0.2, -0.15) is 0 Å². The summed E-state index contributed by atoms with van der Waals surface area (Å²) in [4.78, 5) is 9.92. The highest BCUT2D eigenvalue weighted by Gasteiger charge is 2.42. The van der Waals surface area contributed by atoms with Crippen molar-refractivity contribution in [1.29, 1.82) is 0 Å². The second-order valence-electron chi connectivity index (χ2n) is 6.16. The molecule has 7 heteroatoms. The van der Waals surface area contributed by atoms with E-state index in [1.54, 1.807) is 20.4 Å². The van der Waals surface area contributed by atoms with E-state index in [0.29, 0.717) is 5.11 Å². The Kier molecular flexibility index (Phi) is 4.68. The van der Waals surface area contributed by atoms with Crippen LogP contribution in [0.1, 0.15) is 23.5 Å². The first-order chi connectivity index (χ1) is 13.2. The Balaban J connectivity index is 1.85. The Morgan fingerprint density at radius 3 is 2.63 bits per heavy atom. The number of hydrogen-bond acceptors (Lipinski definition) is 4. The molecule has 2 N–H and O–H groups in total. The molecule has 1 fully saturated rings. The van der Waals surface area contributed by atoms with Gasteiger partial charge >= 0.3 is 0 Å². The topological polar surface area (TPSA) is 62.4 Å². The van der Waals surface area contributed by atoms with Crippen molar-refractivity contribution in [2.45, 2.75) is 12.1 Å². The molecule has 1 saturated heterocycles. The molecule has 1 aliphatic rings. The standard InChI is InChI=1S/C20H20N4O2S/c1-25-13-8-9-17(26-2)16(12-13)24-19(15-7-5-11-22-15)18(23-20(24)27)14-6-3-4-10-21-14/h3-12,18-19,22H,1-2H3,(H,23,27)/t18-,19-/m0/s1. The van der Waals surface area contributed by atoms with Gasteiger partial charge in [-0.3, -0.25) is 4.98 Å². The van der Waals surface area contributed by atoms with Crippen LogP contribution in [0, 0.1) is 0 Å². The third kappa shape index (κ3) is 3.10. The summed E-state index contributed by atoms with van der Waals surface area (Å²) in [5.74, 6) is 1.46. The van der Waals surface area contributed by atoms with Gasteiger partial charge in [0.05, 0.1) is 31.6 Å². The van der Waals surface area contributed by atoms with Crippen molar-refractivity contribution in [2.24, 2.45) is 0 Å². The highest BCUT2D eigenvalue weighted by atomic mass is 32.1. The molecule has 0 bridgehead atoms. The molecule has 138 valence electrons. The number of nitrogens with one attached hydrogen (secondary N) is 2. The Morgan fingerprint density at radius 1 is 1.07 bits per heavy atom. The molecule has 0 saturated carbocycles. The average molecular weight is 380 g/mol. The van der Waals surface area contributed by atoms with Crippen LogP contribution >= 0.6 is 12.2 Å². The summed E-state index contributed by atoms with van der Waals surface area (Å²) in [5, 5.41) is 4.03. The third-order valence-electron chi connectivity index (χ3n) is 4.68. The van der Waals surface area contributed by atoms with Gasteiger partial charge < -0.3 is 24.7 Å². The number of thiocarbonyl (C=S) groups is 1. The van der Waals surface area contributed by atoms with Crippen molar-refractivity contribution in [2.75, 3.05) is 19.1 Å². The quantitative estimate of drug-likeness (QED) is 0.660. The molecule has 0 amide bonds. The maximum Gasteiger partial charge on any atom is 0.174 e. The van der Waals surface area contributed by atoms with E-state index in [1.165, 1.54) is 0 Å². The van der Waals surface area contributed by atoms with Crippen molar-refractivity contribution in [3.05, 3.63) is 72.3 Å². The zero-order valence-electron chi connectivity index (χ0n) is 15.0. The Morgan fingerprint density at radius 2 is 1.96 bits per heavy atom. The normalized spacial score (nSPS) is 19.0. The van der Waals surface area contributed by atoms with Gasteiger partial charge in [-0.05, 0) is 48.6 Å². The van der Waals surface area contributed by atoms with E-state index < -0.39 is 0 Å². The number of ether oxygens (including phenoxy) is 2. The van der Waals surface area contributed by atoms with Crippen LogP contribution in [0.5, 0.6) is 11.5 Å². The number of H-pyrrole nitrogens is 1. The van der Waals surface area contributed by atoms with E-state index in [0.717, 1.165) is 28.6 Å². The molecule has 1 aromatic carbocycles. The summed E-state index contributed by atoms with van der Waals surface area (Å²) in [6.07, 6.45) is 3.70. The SMILES string of the molecule is COc1ccc(OC)c(N2C(=S)N[C@@H](c3ccccn3)[C@@H]2c2ccc[nH]2)c1. The number of nitrogens with zero attached hydrogens (tertiary/aromatic N) is 2. The summed E-state index contributed by atoms with van der Waals surface area (Å²) in [7, 11) is 3.29. The van der Waals surface area contributed by atoms with E-state index in [4.69, 9.17) is 21.7 Å². The molecule has 6 nitrogen and oxygen atoms in total. The van der Waals surface area contributed by atoms with Crippen molar-refractivity contribution in [3.8, 4) is 11.5 Å². The van der Waals surface area contributed by atoms with Gasteiger partial charge in [-0.1, -0.05) is 6.07 Å². The molecule has 2 atom stereocenters. The van der Waals surface area contributed by atoms with Crippen molar-refractivity contribution >= 4 is 23.0 Å². The third-order valence-corrected chi connectivity index (χ3v) is 5.00. The summed E-state index contributed by atoms with van der Waals surface area (Å²) in [6.45, 7) is 0. The molecule has 4 rings (SSSR count). The Labute approximate surface area is 163 Å². The van der Waals surface area contributed by atoms with Gasteiger partial charge in [0.1, 0.15) is 17.5 Å². The van der Waals surface area contributed by atoms with E-state index in [2.05, 4.69) is 26.3 Å². The molecule has 2 aromatic heterocycles. The summed E-state index contributed by atoms with van der Waals surface area (Å²) >= 11 is 5.71. The van der Waals surface area contributed by atoms with Gasteiger partial charge in [0.25, 0.3) is 0 Å². The van der Waals surface area contributed by atoms with Gasteiger partial charge in [-0.15, -0.1) is 0 Å². The minimum Gasteiger partial charge on any atom is -0.497 e. The fourth-order valence-electron chi connectivity index (χ4n) is 3.44. The minimum atomic E-state index is -0.108. The van der Waals surface area contributed by atoms with Crippen LogP contribution in [0.4, 0.5) is 5.69 Å². The first-order valence-electron chi connectivity index (χ1n) is 8.59. The number of rotatable bonds is 5. The smallest absolute Gasteiger partial charge is 0.174 e. The molecule has 3 aromatic rings. The van der Waals surface area contributed by atoms with Gasteiger partial charge in [0.2, 0.25) is 0 Å². The van der Waals surface area contributed by atoms with Crippen molar-refractivity contribution in [1.82, 2.24) is 15.3 Å². The van der Waals surface area contributed by atoms with Gasteiger partial charge in [0, 0.05) is 24.2 Å². The summed E-state index contributed by atoms with van der Waals surface area (Å²) in [5.41, 5.74) is 2.79. The van der Waals surface area contributed by atoms with Crippen LogP contribution in [-0.2, 0) is 0 Å². The number of aromatic nitrogens is 2. The van der Waals surface area contributed by atoms with Crippen LogP contribution in [0.2, 0.25) is 0 Å². The molecule has 0 unspecified atom stereocenters. The number of methoxy groups -OCH3 is 2. The Hall–Kier alpha value is -3.06. The van der Waals surface area contributed by atoms with Crippen LogP contribution in [0.25, 0.3) is 0 Å². The van der Waals surface area contributed by atoms with E-state index in [1.807, 2.05) is 48.7 Å². The lowest BCUT2D eigenvalue weighted by Crippen LogP contribution is -2.30. The lowest BCUT2D eigenvalue weighted by Gasteiger charge is -2.28. The predicted octanol–water partition coefficient (Wildman–Crippen LogP) is 3.60. The number of pyridine rings is 1. The van der Waals surface area contributed by atoms with Crippen molar-refractivity contribution < 1.29 is 9.47 Å². The lowest BCUT2D eigenvalue weighted by atomic mass is 10.0. The number of aromatic amines is 1. The second-order valence-corrected chi connectivity index (χ2v) is 6.55. The maximum atomic E-state index is 5.71. The second kappa shape index (κ2) is 7.28. The van der Waals surface area contributed by atoms with E-state index >= 15 is 0 Å². The van der Waals surface area contributed by atoms with Crippen molar-refractivity contribution in [3.63, 3.8) is 0 Å². The molecule has 1 aliphatic heterocycles.